The number of pyridine rings is 2. The van der Waals surface area contributed by atoms with Crippen molar-refractivity contribution in [1.82, 2.24) is 9.13 Å². The van der Waals surface area contributed by atoms with Crippen LogP contribution in [0.5, 0.6) is 11.5 Å². The van der Waals surface area contributed by atoms with Crippen LogP contribution in [0.1, 0.15) is 22.3 Å². The van der Waals surface area contributed by atoms with E-state index in [0.29, 0.717) is 5.56 Å². The number of nitrogens with zero attached hydrogens (tertiary/aromatic N) is 2. The Morgan fingerprint density at radius 1 is 0.692 bits per heavy atom. The molecule has 0 saturated carbocycles. The van der Waals surface area contributed by atoms with E-state index in [-0.39, 0.29) is 62.4 Å². The van der Waals surface area contributed by atoms with Crippen LogP contribution in [0, 0.1) is 0 Å². The molecule has 2 aromatic carbocycles. The maximum atomic E-state index is 13.1. The number of carbonyl (C=O) groups is 2. The Morgan fingerprint density at radius 3 is 1.73 bits per heavy atom. The number of hydrogen-bond acceptors (Lipinski definition) is 6. The molecule has 0 radical (unpaired) electrons. The molecule has 272 valence electrons. The number of carboxylic acids is 2. The highest BCUT2D eigenvalue weighted by atomic mass is 35.5. The lowest BCUT2D eigenvalue weighted by Crippen LogP contribution is -2.40. The van der Waals surface area contributed by atoms with E-state index in [1.54, 1.807) is 24.3 Å². The quantitative estimate of drug-likeness (QED) is 0.207. The van der Waals surface area contributed by atoms with Crippen molar-refractivity contribution in [1.29, 1.82) is 0 Å². The van der Waals surface area contributed by atoms with E-state index in [1.807, 2.05) is 0 Å². The molecular formula is C34H22Cl2F6N2O8. The number of aliphatic carboxylic acids is 2. The van der Waals surface area contributed by atoms with E-state index in [4.69, 9.17) is 42.9 Å². The third-order valence-electron chi connectivity index (χ3n) is 7.66. The first-order chi connectivity index (χ1) is 24.3. The minimum absolute atomic E-state index is 0.0291. The summed E-state index contributed by atoms with van der Waals surface area (Å²) in [4.78, 5) is 46.1. The zero-order chi connectivity index (χ0) is 38.1. The minimum Gasteiger partial charge on any atom is -0.478 e. The van der Waals surface area contributed by atoms with Crippen LogP contribution in [-0.4, -0.2) is 55.8 Å². The minimum atomic E-state index is -4.89. The molecule has 2 aromatic heterocycles. The number of ether oxygens (including phenoxy) is 2. The Morgan fingerprint density at radius 2 is 1.21 bits per heavy atom. The number of carboxylic acid groups (broad SMARTS) is 2. The summed E-state index contributed by atoms with van der Waals surface area (Å²) in [5.41, 5.74) is -1.63. The average Bonchev–Trinajstić information content (AvgIpc) is 3.06. The molecule has 0 fully saturated rings. The van der Waals surface area contributed by atoms with Gasteiger partial charge < -0.3 is 28.8 Å². The SMILES string of the molecule is O=C(O)C1=Cc2c(ccc(Cl)c2Cn2ccccc2=O)OC1C(F)(F)F.O=C(O)C1=Cc2cc(Cl)c(Cn3ccccc3=O)cc2OC1C(F)(F)F. The summed E-state index contributed by atoms with van der Waals surface area (Å²) in [6.07, 6.45) is -10.2. The Balaban J connectivity index is 0.000000201. The van der Waals surface area contributed by atoms with Crippen molar-refractivity contribution < 1.29 is 55.6 Å². The molecule has 2 unspecified atom stereocenters. The van der Waals surface area contributed by atoms with Gasteiger partial charge in [0.1, 0.15) is 11.5 Å². The second kappa shape index (κ2) is 14.6. The van der Waals surface area contributed by atoms with Crippen LogP contribution in [0.15, 0.2) is 93.8 Å². The molecular weight excluding hydrogens is 749 g/mol. The molecule has 4 aromatic rings. The van der Waals surface area contributed by atoms with Gasteiger partial charge in [0.25, 0.3) is 11.1 Å². The lowest BCUT2D eigenvalue weighted by molar-refractivity contribution is -0.187. The zero-order valence-corrected chi connectivity index (χ0v) is 27.4. The van der Waals surface area contributed by atoms with Crippen LogP contribution in [0.3, 0.4) is 0 Å². The molecule has 6 rings (SSSR count). The highest BCUT2D eigenvalue weighted by Gasteiger charge is 2.49. The fourth-order valence-corrected chi connectivity index (χ4v) is 5.67. The molecule has 18 heteroatoms. The van der Waals surface area contributed by atoms with Crippen LogP contribution < -0.4 is 20.6 Å². The lowest BCUT2D eigenvalue weighted by Gasteiger charge is -2.28. The number of hydrogen-bond donors (Lipinski definition) is 2. The van der Waals surface area contributed by atoms with Crippen molar-refractivity contribution in [3.63, 3.8) is 0 Å². The van der Waals surface area contributed by atoms with Crippen LogP contribution in [0.25, 0.3) is 12.2 Å². The van der Waals surface area contributed by atoms with E-state index in [2.05, 4.69) is 0 Å². The summed E-state index contributed by atoms with van der Waals surface area (Å²) in [5, 5.41) is 18.5. The number of rotatable bonds is 6. The third-order valence-corrected chi connectivity index (χ3v) is 8.37. The second-order valence-electron chi connectivity index (χ2n) is 11.1. The topological polar surface area (TPSA) is 137 Å². The molecule has 2 atom stereocenters. The Kier molecular flexibility index (Phi) is 10.6. The Hall–Kier alpha value is -5.48. The molecule has 0 spiro atoms. The fraction of sp³-hybridized carbons (Fsp3) is 0.176. The summed E-state index contributed by atoms with van der Waals surface area (Å²) < 4.78 is 91.2. The first-order valence-electron chi connectivity index (χ1n) is 14.7. The van der Waals surface area contributed by atoms with Crippen LogP contribution in [0.2, 0.25) is 10.0 Å². The van der Waals surface area contributed by atoms with E-state index < -0.39 is 47.6 Å². The van der Waals surface area contributed by atoms with Crippen molar-refractivity contribution in [3.05, 3.63) is 137 Å². The van der Waals surface area contributed by atoms with Gasteiger partial charge in [0.2, 0.25) is 12.2 Å². The molecule has 4 heterocycles. The molecule has 2 aliphatic heterocycles. The summed E-state index contributed by atoms with van der Waals surface area (Å²) in [6.45, 7) is -0.0214. The monoisotopic (exact) mass is 770 g/mol. The van der Waals surface area contributed by atoms with Gasteiger partial charge in [-0.2, -0.15) is 26.3 Å². The standard InChI is InChI=1S/2C17H11ClF3NO4/c18-12-4-5-13-9(11(12)8-22-6-2-1-3-14(22)23)7-10(16(24)25)15(26-13)17(19,20)21;18-12-6-9-5-11(16(24)25)15(17(19,20)21)26-13(9)7-10(12)8-22-4-2-1-3-14(22)23/h2*1-7,15H,8H2,(H,24,25). The molecule has 0 bridgehead atoms. The fourth-order valence-electron chi connectivity index (χ4n) is 5.21. The summed E-state index contributed by atoms with van der Waals surface area (Å²) in [7, 11) is 0. The highest BCUT2D eigenvalue weighted by molar-refractivity contribution is 6.32. The van der Waals surface area contributed by atoms with Crippen LogP contribution >= 0.6 is 23.2 Å². The molecule has 10 nitrogen and oxygen atoms in total. The van der Waals surface area contributed by atoms with E-state index in [1.165, 1.54) is 57.9 Å². The largest absolute Gasteiger partial charge is 0.478 e. The number of halogens is 8. The van der Waals surface area contributed by atoms with Gasteiger partial charge in [0.15, 0.2) is 0 Å². The van der Waals surface area contributed by atoms with Gasteiger partial charge in [-0.05, 0) is 54.1 Å². The first kappa shape index (κ1) is 37.8. The maximum absolute atomic E-state index is 13.1. The smallest absolute Gasteiger partial charge is 0.430 e. The molecule has 0 amide bonds. The Labute approximate surface area is 298 Å². The van der Waals surface area contributed by atoms with E-state index >= 15 is 0 Å². The third kappa shape index (κ3) is 8.18. The van der Waals surface area contributed by atoms with Crippen molar-refractivity contribution in [2.75, 3.05) is 0 Å². The summed E-state index contributed by atoms with van der Waals surface area (Å²) >= 11 is 12.3. The number of fused-ring (bicyclic) bond motifs is 2. The average molecular weight is 771 g/mol. The van der Waals surface area contributed by atoms with Gasteiger partial charge in [-0.15, -0.1) is 0 Å². The van der Waals surface area contributed by atoms with Gasteiger partial charge in [0.05, 0.1) is 24.2 Å². The predicted octanol–water partition coefficient (Wildman–Crippen LogP) is 6.68. The van der Waals surface area contributed by atoms with Gasteiger partial charge in [-0.1, -0.05) is 35.3 Å². The van der Waals surface area contributed by atoms with Crippen LogP contribution in [0.4, 0.5) is 26.3 Å². The zero-order valence-electron chi connectivity index (χ0n) is 25.9. The molecule has 52 heavy (non-hydrogen) atoms. The molecule has 2 aliphatic rings. The second-order valence-corrected chi connectivity index (χ2v) is 12.0. The first-order valence-corrected chi connectivity index (χ1v) is 15.4. The highest BCUT2D eigenvalue weighted by Crippen LogP contribution is 2.41. The van der Waals surface area contributed by atoms with Crippen molar-refractivity contribution in [2.24, 2.45) is 0 Å². The Bertz CT molecular complexity index is 2240. The number of benzene rings is 2. The molecule has 0 saturated heterocycles. The van der Waals surface area contributed by atoms with Crippen molar-refractivity contribution >= 4 is 47.3 Å². The predicted molar refractivity (Wildman–Crippen MR) is 175 cm³/mol. The summed E-state index contributed by atoms with van der Waals surface area (Å²) in [6, 6.07) is 14.2. The molecule has 0 aliphatic carbocycles. The van der Waals surface area contributed by atoms with Crippen molar-refractivity contribution in [2.45, 2.75) is 37.7 Å². The van der Waals surface area contributed by atoms with Gasteiger partial charge >= 0.3 is 24.3 Å². The summed E-state index contributed by atoms with van der Waals surface area (Å²) in [5.74, 6) is -3.78. The van der Waals surface area contributed by atoms with E-state index in [9.17, 15) is 45.5 Å². The number of alkyl halides is 6. The maximum Gasteiger partial charge on any atom is 0.430 e. The van der Waals surface area contributed by atoms with Gasteiger partial charge in [-0.3, -0.25) is 9.59 Å². The number of aromatic nitrogens is 2. The van der Waals surface area contributed by atoms with Crippen molar-refractivity contribution in [3.8, 4) is 11.5 Å². The van der Waals surface area contributed by atoms with Crippen LogP contribution in [-0.2, 0) is 22.7 Å². The van der Waals surface area contributed by atoms with Gasteiger partial charge in [0, 0.05) is 51.3 Å². The van der Waals surface area contributed by atoms with Gasteiger partial charge in [-0.25, -0.2) is 9.59 Å². The molecule has 2 N–H and O–H groups in total. The van der Waals surface area contributed by atoms with E-state index in [0.717, 1.165) is 12.2 Å². The normalized spacial score (nSPS) is 16.5. The lowest BCUT2D eigenvalue weighted by atomic mass is 9.97.